The number of amides is 1. The van der Waals surface area contributed by atoms with Crippen molar-refractivity contribution >= 4 is 6.09 Å². The number of hydrogen-bond donors (Lipinski definition) is 1. The molecule has 1 amide bonds. The molecule has 0 radical (unpaired) electrons. The Balaban J connectivity index is 1.68. The number of nitriles is 1. The molecule has 3 rings (SSSR count). The van der Waals surface area contributed by atoms with Crippen LogP contribution in [0.4, 0.5) is 18.0 Å². The summed E-state index contributed by atoms with van der Waals surface area (Å²) in [7, 11) is 0. The molecule has 1 aliphatic rings. The largest absolute Gasteiger partial charge is 0.445 e. The first-order valence-electron chi connectivity index (χ1n) is 9.17. The molecule has 1 aliphatic carbocycles. The predicted octanol–water partition coefficient (Wildman–Crippen LogP) is 4.45. The number of alkyl halides is 3. The molecular formula is C20H19F3N4O2. The molecule has 1 aromatic carbocycles. The Morgan fingerprint density at radius 3 is 2.48 bits per heavy atom. The first kappa shape index (κ1) is 20.6. The summed E-state index contributed by atoms with van der Waals surface area (Å²) in [5.41, 5.74) is -0.525. The molecule has 1 saturated carbocycles. The van der Waals surface area contributed by atoms with Crippen molar-refractivity contribution in [2.24, 2.45) is 0 Å². The van der Waals surface area contributed by atoms with Gasteiger partial charge in [-0.25, -0.2) is 14.8 Å². The van der Waals surface area contributed by atoms with E-state index in [1.165, 1.54) is 18.3 Å². The van der Waals surface area contributed by atoms with Crippen LogP contribution in [0.15, 0.2) is 36.5 Å². The molecule has 6 nitrogen and oxygen atoms in total. The van der Waals surface area contributed by atoms with Crippen LogP contribution in [0, 0.1) is 11.3 Å². The summed E-state index contributed by atoms with van der Waals surface area (Å²) < 4.78 is 43.1. The predicted molar refractivity (Wildman–Crippen MR) is 96.3 cm³/mol. The Morgan fingerprint density at radius 2 is 1.86 bits per heavy atom. The molecule has 1 heterocycles. The number of nitrogens with zero attached hydrogens (tertiary/aromatic N) is 3. The molecule has 152 valence electrons. The van der Waals surface area contributed by atoms with Gasteiger partial charge < -0.3 is 10.1 Å². The van der Waals surface area contributed by atoms with Crippen LogP contribution in [0.5, 0.6) is 0 Å². The van der Waals surface area contributed by atoms with Crippen molar-refractivity contribution in [3.8, 4) is 6.07 Å². The normalized spacial score (nSPS) is 15.9. The summed E-state index contributed by atoms with van der Waals surface area (Å²) >= 11 is 0. The summed E-state index contributed by atoms with van der Waals surface area (Å²) in [5, 5.41) is 11.9. The minimum atomic E-state index is -4.41. The number of halogens is 3. The van der Waals surface area contributed by atoms with Crippen molar-refractivity contribution in [1.82, 2.24) is 15.3 Å². The van der Waals surface area contributed by atoms with Gasteiger partial charge in [-0.3, -0.25) is 0 Å². The summed E-state index contributed by atoms with van der Waals surface area (Å²) in [4.78, 5) is 20.5. The number of nitrogens with one attached hydrogen (secondary N) is 1. The molecule has 0 unspecified atom stereocenters. The monoisotopic (exact) mass is 404 g/mol. The number of aromatic nitrogens is 2. The summed E-state index contributed by atoms with van der Waals surface area (Å²) in [6.45, 7) is -0.159. The van der Waals surface area contributed by atoms with Gasteiger partial charge in [0.2, 0.25) is 5.82 Å². The van der Waals surface area contributed by atoms with E-state index in [-0.39, 0.29) is 12.4 Å². The van der Waals surface area contributed by atoms with Crippen LogP contribution < -0.4 is 5.32 Å². The zero-order chi connectivity index (χ0) is 20.9. The molecule has 0 atom stereocenters. The van der Waals surface area contributed by atoms with E-state index in [1.54, 1.807) is 6.07 Å². The molecule has 1 aromatic heterocycles. The highest BCUT2D eigenvalue weighted by molar-refractivity contribution is 5.68. The van der Waals surface area contributed by atoms with Crippen LogP contribution in [0.25, 0.3) is 0 Å². The van der Waals surface area contributed by atoms with Crippen LogP contribution in [0.2, 0.25) is 0 Å². The van der Waals surface area contributed by atoms with Crippen molar-refractivity contribution in [1.29, 1.82) is 5.26 Å². The fourth-order valence-corrected chi connectivity index (χ4v) is 3.45. The van der Waals surface area contributed by atoms with Gasteiger partial charge in [0.15, 0.2) is 0 Å². The highest BCUT2D eigenvalue weighted by Gasteiger charge is 2.37. The fourth-order valence-electron chi connectivity index (χ4n) is 3.45. The quantitative estimate of drug-likeness (QED) is 0.813. The second kappa shape index (κ2) is 8.47. The average Bonchev–Trinajstić information content (AvgIpc) is 2.72. The molecule has 0 aliphatic heterocycles. The number of carbonyl (C=O) groups excluding carboxylic acids is 1. The van der Waals surface area contributed by atoms with Gasteiger partial charge >= 0.3 is 12.3 Å². The van der Waals surface area contributed by atoms with Gasteiger partial charge in [-0.2, -0.15) is 18.4 Å². The van der Waals surface area contributed by atoms with E-state index < -0.39 is 23.4 Å². The Labute approximate surface area is 165 Å². The Morgan fingerprint density at radius 1 is 1.17 bits per heavy atom. The van der Waals surface area contributed by atoms with E-state index in [0.717, 1.165) is 31.4 Å². The number of carbonyl (C=O) groups is 1. The van der Waals surface area contributed by atoms with Gasteiger partial charge in [0.1, 0.15) is 12.7 Å². The van der Waals surface area contributed by atoms with Gasteiger partial charge in [0.25, 0.3) is 0 Å². The lowest BCUT2D eigenvalue weighted by Crippen LogP contribution is -2.48. The smallest absolute Gasteiger partial charge is 0.416 e. The first-order valence-corrected chi connectivity index (χ1v) is 9.17. The van der Waals surface area contributed by atoms with Gasteiger partial charge in [-0.05, 0) is 36.6 Å². The highest BCUT2D eigenvalue weighted by atomic mass is 19.4. The third-order valence-corrected chi connectivity index (χ3v) is 4.95. The van der Waals surface area contributed by atoms with E-state index in [0.29, 0.717) is 24.1 Å². The number of alkyl carbamates (subject to hydrolysis) is 1. The third-order valence-electron chi connectivity index (χ3n) is 4.95. The number of ether oxygens (including phenoxy) is 1. The lowest BCUT2D eigenvalue weighted by Gasteiger charge is -2.37. The Hall–Kier alpha value is -3.15. The molecule has 0 saturated heterocycles. The van der Waals surface area contributed by atoms with Crippen LogP contribution in [0.3, 0.4) is 0 Å². The number of hydrogen-bond acceptors (Lipinski definition) is 5. The standard InChI is InChI=1S/C20H19F3N4O2/c21-20(22,23)15-6-4-14(5-7-15)13-29-18(28)27-19(9-2-1-3-10-19)16-8-11-25-17(12-24)26-16/h4-8,11H,1-3,9-10,13H2,(H,27,28). The van der Waals surface area contributed by atoms with Crippen LogP contribution >= 0.6 is 0 Å². The molecule has 2 aromatic rings. The maximum absolute atomic E-state index is 12.6. The minimum Gasteiger partial charge on any atom is -0.445 e. The van der Waals surface area contributed by atoms with E-state index in [2.05, 4.69) is 15.3 Å². The SMILES string of the molecule is N#Cc1nccc(C2(NC(=O)OCc3ccc(C(F)(F)F)cc3)CCCCC2)n1. The lowest BCUT2D eigenvalue weighted by molar-refractivity contribution is -0.137. The second-order valence-electron chi connectivity index (χ2n) is 6.92. The van der Waals surface area contributed by atoms with Crippen molar-refractivity contribution in [2.45, 2.75) is 50.4 Å². The van der Waals surface area contributed by atoms with Crippen molar-refractivity contribution in [2.75, 3.05) is 0 Å². The Kier molecular flexibility index (Phi) is 6.01. The maximum atomic E-state index is 12.6. The van der Waals surface area contributed by atoms with Crippen molar-refractivity contribution in [3.63, 3.8) is 0 Å². The third kappa shape index (κ3) is 5.02. The molecule has 1 N–H and O–H groups in total. The van der Waals surface area contributed by atoms with Gasteiger partial charge in [0.05, 0.1) is 16.8 Å². The highest BCUT2D eigenvalue weighted by Crippen LogP contribution is 2.36. The summed E-state index contributed by atoms with van der Waals surface area (Å²) in [5.74, 6) is 0.0207. The van der Waals surface area contributed by atoms with Crippen LogP contribution in [0.1, 0.15) is 54.7 Å². The molecule has 29 heavy (non-hydrogen) atoms. The van der Waals surface area contributed by atoms with Crippen molar-refractivity contribution < 1.29 is 22.7 Å². The van der Waals surface area contributed by atoms with Gasteiger partial charge in [-0.15, -0.1) is 0 Å². The zero-order valence-corrected chi connectivity index (χ0v) is 15.5. The maximum Gasteiger partial charge on any atom is 0.416 e. The molecule has 9 heteroatoms. The topological polar surface area (TPSA) is 87.9 Å². The number of benzene rings is 1. The fraction of sp³-hybridized carbons (Fsp3) is 0.400. The van der Waals surface area contributed by atoms with E-state index >= 15 is 0 Å². The Bertz CT molecular complexity index is 901. The zero-order valence-electron chi connectivity index (χ0n) is 15.5. The average molecular weight is 404 g/mol. The first-order chi connectivity index (χ1) is 13.8. The second-order valence-corrected chi connectivity index (χ2v) is 6.92. The molecule has 0 spiro atoms. The minimum absolute atomic E-state index is 0.0207. The van der Waals surface area contributed by atoms with Crippen LogP contribution in [-0.4, -0.2) is 16.1 Å². The van der Waals surface area contributed by atoms with Crippen LogP contribution in [-0.2, 0) is 23.1 Å². The molecule has 1 fully saturated rings. The van der Waals surface area contributed by atoms with Crippen molar-refractivity contribution in [3.05, 3.63) is 59.2 Å². The lowest BCUT2D eigenvalue weighted by atomic mass is 9.79. The van der Waals surface area contributed by atoms with Gasteiger partial charge in [-0.1, -0.05) is 31.4 Å². The van der Waals surface area contributed by atoms with Gasteiger partial charge in [0, 0.05) is 6.20 Å². The van der Waals surface area contributed by atoms with E-state index in [9.17, 15) is 18.0 Å². The molecule has 0 bridgehead atoms. The van der Waals surface area contributed by atoms with E-state index in [4.69, 9.17) is 10.00 Å². The van der Waals surface area contributed by atoms with E-state index in [1.807, 2.05) is 6.07 Å². The number of rotatable bonds is 4. The summed E-state index contributed by atoms with van der Waals surface area (Å²) in [6, 6.07) is 8.01. The molecular weight excluding hydrogens is 385 g/mol. The summed E-state index contributed by atoms with van der Waals surface area (Å²) in [6.07, 6.45) is 0.449.